The number of cyclic esters (lactones) is 1. The molecule has 0 saturated carbocycles. The number of carbonyl (C=O) groups excluding carboxylic acids is 2. The molecule has 22 heavy (non-hydrogen) atoms. The minimum Gasteiger partial charge on any atom is -0.457 e. The Balaban J connectivity index is 1.79. The smallest absolute Gasteiger partial charge is 0.417 e. The number of nitrogens with zero attached hydrogens (tertiary/aromatic N) is 1. The monoisotopic (exact) mass is 299 g/mol. The first-order valence-corrected chi connectivity index (χ1v) is 7.23. The van der Waals surface area contributed by atoms with E-state index in [-0.39, 0.29) is 24.5 Å². The number of hydrogen-bond acceptors (Lipinski definition) is 4. The number of fused-ring (bicyclic) bond motifs is 1. The van der Waals surface area contributed by atoms with E-state index in [0.717, 1.165) is 11.0 Å². The lowest BCUT2D eigenvalue weighted by molar-refractivity contribution is -0.124. The highest BCUT2D eigenvalue weighted by Gasteiger charge is 2.38. The van der Waals surface area contributed by atoms with Crippen molar-refractivity contribution in [1.82, 2.24) is 4.90 Å². The maximum absolute atomic E-state index is 12.3. The second-order valence-corrected chi connectivity index (χ2v) is 5.62. The van der Waals surface area contributed by atoms with Crippen LogP contribution >= 0.6 is 0 Å². The van der Waals surface area contributed by atoms with E-state index in [2.05, 4.69) is 0 Å². The van der Waals surface area contributed by atoms with Crippen LogP contribution in [-0.2, 0) is 9.53 Å². The maximum atomic E-state index is 12.3. The molecule has 3 rings (SSSR count). The summed E-state index contributed by atoms with van der Waals surface area (Å²) in [6.07, 6.45) is 2.34. The van der Waals surface area contributed by atoms with Gasteiger partial charge in [-0.25, -0.2) is 9.69 Å². The van der Waals surface area contributed by atoms with Gasteiger partial charge in [0.2, 0.25) is 0 Å². The van der Waals surface area contributed by atoms with Gasteiger partial charge in [0.05, 0.1) is 6.04 Å². The summed E-state index contributed by atoms with van der Waals surface area (Å²) in [4.78, 5) is 25.1. The summed E-state index contributed by atoms with van der Waals surface area (Å²) in [5.41, 5.74) is 0.759. The molecule has 0 spiro atoms. The third kappa shape index (κ3) is 2.62. The van der Waals surface area contributed by atoms with Crippen LogP contribution in [0.5, 0.6) is 0 Å². The molecular formula is C17H17NO4. The van der Waals surface area contributed by atoms with Gasteiger partial charge in [0.25, 0.3) is 5.91 Å². The number of para-hydroxylation sites is 1. The third-order valence-corrected chi connectivity index (χ3v) is 3.75. The highest BCUT2D eigenvalue weighted by atomic mass is 16.6. The number of ether oxygens (including phenoxy) is 1. The number of benzene rings is 1. The first kappa shape index (κ1) is 14.4. The zero-order chi connectivity index (χ0) is 15.7. The second-order valence-electron chi connectivity index (χ2n) is 5.62. The molecule has 1 aliphatic heterocycles. The van der Waals surface area contributed by atoms with E-state index in [1.54, 1.807) is 6.08 Å². The molecule has 0 radical (unpaired) electrons. The van der Waals surface area contributed by atoms with Gasteiger partial charge < -0.3 is 9.15 Å². The lowest BCUT2D eigenvalue weighted by Gasteiger charge is -2.20. The number of imide groups is 1. The predicted octanol–water partition coefficient (Wildman–Crippen LogP) is 3.45. The van der Waals surface area contributed by atoms with Crippen molar-refractivity contribution in [2.45, 2.75) is 19.9 Å². The summed E-state index contributed by atoms with van der Waals surface area (Å²) >= 11 is 0. The summed E-state index contributed by atoms with van der Waals surface area (Å²) in [5.74, 6) is 0.333. The molecule has 2 amide bonds. The average molecular weight is 299 g/mol. The number of hydrogen-bond donors (Lipinski definition) is 0. The molecule has 1 aliphatic rings. The van der Waals surface area contributed by atoms with Crippen LogP contribution in [0.25, 0.3) is 17.0 Å². The van der Waals surface area contributed by atoms with Crippen molar-refractivity contribution in [3.8, 4) is 0 Å². The van der Waals surface area contributed by atoms with Crippen molar-refractivity contribution in [2.24, 2.45) is 5.92 Å². The van der Waals surface area contributed by atoms with Crippen LogP contribution in [0.15, 0.2) is 40.8 Å². The van der Waals surface area contributed by atoms with Crippen LogP contribution in [0, 0.1) is 5.92 Å². The van der Waals surface area contributed by atoms with Crippen molar-refractivity contribution in [1.29, 1.82) is 0 Å². The van der Waals surface area contributed by atoms with Gasteiger partial charge in [-0.15, -0.1) is 0 Å². The van der Waals surface area contributed by atoms with Crippen molar-refractivity contribution >= 4 is 29.0 Å². The molecule has 1 unspecified atom stereocenters. The molecule has 1 fully saturated rings. The first-order chi connectivity index (χ1) is 10.6. The minimum absolute atomic E-state index is 0.148. The predicted molar refractivity (Wildman–Crippen MR) is 82.1 cm³/mol. The zero-order valence-electron chi connectivity index (χ0n) is 12.5. The largest absolute Gasteiger partial charge is 0.457 e. The lowest BCUT2D eigenvalue weighted by atomic mass is 10.0. The van der Waals surface area contributed by atoms with E-state index in [0.29, 0.717) is 5.76 Å². The van der Waals surface area contributed by atoms with Gasteiger partial charge >= 0.3 is 6.09 Å². The van der Waals surface area contributed by atoms with Gasteiger partial charge in [0.15, 0.2) is 0 Å². The molecule has 5 nitrogen and oxygen atoms in total. The zero-order valence-corrected chi connectivity index (χ0v) is 12.5. The second kappa shape index (κ2) is 5.67. The average Bonchev–Trinajstić information content (AvgIpc) is 3.07. The topological polar surface area (TPSA) is 59.8 Å². The molecule has 114 valence electrons. The number of carbonyl (C=O) groups is 2. The van der Waals surface area contributed by atoms with Crippen LogP contribution < -0.4 is 0 Å². The van der Waals surface area contributed by atoms with E-state index in [9.17, 15) is 9.59 Å². The Morgan fingerprint density at radius 3 is 2.86 bits per heavy atom. The summed E-state index contributed by atoms with van der Waals surface area (Å²) in [6, 6.07) is 9.23. The Morgan fingerprint density at radius 1 is 1.36 bits per heavy atom. The van der Waals surface area contributed by atoms with Crippen LogP contribution in [0.3, 0.4) is 0 Å². The Morgan fingerprint density at radius 2 is 2.14 bits per heavy atom. The van der Waals surface area contributed by atoms with Crippen molar-refractivity contribution in [3.05, 3.63) is 42.2 Å². The number of rotatable bonds is 3. The molecule has 2 aromatic rings. The third-order valence-electron chi connectivity index (χ3n) is 3.75. The molecule has 0 bridgehead atoms. The highest BCUT2D eigenvalue weighted by molar-refractivity contribution is 6.02. The van der Waals surface area contributed by atoms with Crippen LogP contribution in [-0.4, -0.2) is 29.5 Å². The normalized spacial score (nSPS) is 18.6. The lowest BCUT2D eigenvalue weighted by Crippen LogP contribution is -2.40. The van der Waals surface area contributed by atoms with Gasteiger partial charge in [0, 0.05) is 11.5 Å². The molecule has 0 aliphatic carbocycles. The Kier molecular flexibility index (Phi) is 3.71. The molecule has 5 heteroatoms. The molecule has 2 heterocycles. The summed E-state index contributed by atoms with van der Waals surface area (Å²) in [7, 11) is 0. The van der Waals surface area contributed by atoms with Crippen molar-refractivity contribution in [3.63, 3.8) is 0 Å². The van der Waals surface area contributed by atoms with Crippen LogP contribution in [0.4, 0.5) is 4.79 Å². The molecular weight excluding hydrogens is 282 g/mol. The Labute approximate surface area is 128 Å². The van der Waals surface area contributed by atoms with Gasteiger partial charge in [-0.3, -0.25) is 4.79 Å². The Hall–Kier alpha value is -2.56. The molecule has 1 saturated heterocycles. The fraction of sp³-hybridized carbons (Fsp3) is 0.294. The van der Waals surface area contributed by atoms with Gasteiger partial charge in [0.1, 0.15) is 18.0 Å². The maximum Gasteiger partial charge on any atom is 0.417 e. The van der Waals surface area contributed by atoms with Crippen LogP contribution in [0.1, 0.15) is 19.6 Å². The first-order valence-electron chi connectivity index (χ1n) is 7.23. The van der Waals surface area contributed by atoms with Gasteiger partial charge in [-0.05, 0) is 24.1 Å². The summed E-state index contributed by atoms with van der Waals surface area (Å²) in [6.45, 7) is 4.16. The molecule has 1 aromatic carbocycles. The van der Waals surface area contributed by atoms with Crippen LogP contribution in [0.2, 0.25) is 0 Å². The fourth-order valence-corrected chi connectivity index (χ4v) is 2.50. The minimum atomic E-state index is -0.585. The van der Waals surface area contributed by atoms with E-state index in [4.69, 9.17) is 9.15 Å². The highest BCUT2D eigenvalue weighted by Crippen LogP contribution is 2.22. The SMILES string of the molecule is CC(C)C1COC(=O)N1C(=O)/C=C/c1cc2ccccc2o1. The fourth-order valence-electron chi connectivity index (χ4n) is 2.50. The van der Waals surface area contributed by atoms with Crippen molar-refractivity contribution in [2.75, 3.05) is 6.61 Å². The van der Waals surface area contributed by atoms with E-state index in [1.165, 1.54) is 11.0 Å². The molecule has 1 atom stereocenters. The van der Waals surface area contributed by atoms with E-state index in [1.807, 2.05) is 44.2 Å². The number of furan rings is 1. The van der Waals surface area contributed by atoms with Gasteiger partial charge in [-0.2, -0.15) is 0 Å². The Bertz CT molecular complexity index is 711. The van der Waals surface area contributed by atoms with Crippen molar-refractivity contribution < 1.29 is 18.7 Å². The number of amides is 2. The molecule has 1 aromatic heterocycles. The quantitative estimate of drug-likeness (QED) is 0.814. The van der Waals surface area contributed by atoms with E-state index >= 15 is 0 Å². The van der Waals surface area contributed by atoms with Gasteiger partial charge in [-0.1, -0.05) is 32.0 Å². The van der Waals surface area contributed by atoms with E-state index < -0.39 is 6.09 Å². The molecule has 0 N–H and O–H groups in total. The standard InChI is InChI=1S/C17H17NO4/c1-11(2)14-10-21-17(20)18(14)16(19)8-7-13-9-12-5-3-4-6-15(12)22-13/h3-9,11,14H,10H2,1-2H3/b8-7+. The summed E-state index contributed by atoms with van der Waals surface area (Å²) < 4.78 is 10.6. The summed E-state index contributed by atoms with van der Waals surface area (Å²) in [5, 5.41) is 0.968.